The molecule has 0 aliphatic heterocycles. The van der Waals surface area contributed by atoms with Gasteiger partial charge in [-0.1, -0.05) is 35.3 Å². The molecule has 0 bridgehead atoms. The molecule has 0 saturated carbocycles. The number of hydrogen-bond acceptors (Lipinski definition) is 3. The third-order valence-corrected chi connectivity index (χ3v) is 5.43. The van der Waals surface area contributed by atoms with E-state index in [1.807, 2.05) is 55.5 Å². The minimum absolute atomic E-state index is 0.105. The number of rotatable bonds is 7. The summed E-state index contributed by atoms with van der Waals surface area (Å²) in [5, 5.41) is 7.40. The molecule has 2 N–H and O–H groups in total. The van der Waals surface area contributed by atoms with Crippen LogP contribution in [0.15, 0.2) is 65.1 Å². The highest BCUT2D eigenvalue weighted by Gasteiger charge is 2.08. The van der Waals surface area contributed by atoms with Gasteiger partial charge in [0.2, 0.25) is 0 Å². The second kappa shape index (κ2) is 10.0. The number of nitrogens with one attached hydrogen (secondary N) is 2. The number of carbonyl (C=O) groups is 1. The minimum Gasteiger partial charge on any atom is -0.483 e. The van der Waals surface area contributed by atoms with Crippen LogP contribution in [-0.2, 0) is 11.3 Å². The highest BCUT2D eigenvalue weighted by molar-refractivity contribution is 9.10. The van der Waals surface area contributed by atoms with Crippen molar-refractivity contribution >= 4 is 56.4 Å². The van der Waals surface area contributed by atoms with Gasteiger partial charge in [0.1, 0.15) is 5.75 Å². The third kappa shape index (κ3) is 6.39. The first kappa shape index (κ1) is 21.5. The number of amides is 1. The molecule has 0 saturated heterocycles. The Labute approximate surface area is 188 Å². The van der Waals surface area contributed by atoms with Crippen LogP contribution < -0.4 is 15.4 Å². The summed E-state index contributed by atoms with van der Waals surface area (Å²) in [6.07, 6.45) is 0. The Kier molecular flexibility index (Phi) is 7.42. The molecule has 0 atom stereocenters. The molecule has 0 heterocycles. The van der Waals surface area contributed by atoms with Gasteiger partial charge in [0.15, 0.2) is 6.61 Å². The fourth-order valence-electron chi connectivity index (χ4n) is 2.55. The average molecular weight is 494 g/mol. The molecule has 0 aliphatic rings. The summed E-state index contributed by atoms with van der Waals surface area (Å²) in [6.45, 7) is 2.45. The molecular weight excluding hydrogens is 475 g/mol. The van der Waals surface area contributed by atoms with Crippen molar-refractivity contribution in [3.8, 4) is 5.75 Å². The molecule has 3 rings (SSSR count). The van der Waals surface area contributed by atoms with E-state index in [1.54, 1.807) is 12.1 Å². The van der Waals surface area contributed by atoms with Crippen LogP contribution in [0.1, 0.15) is 11.1 Å². The number of aryl methyl sites for hydroxylation is 1. The summed E-state index contributed by atoms with van der Waals surface area (Å²) in [5.41, 5.74) is 3.64. The first-order valence-electron chi connectivity index (χ1n) is 8.87. The van der Waals surface area contributed by atoms with Gasteiger partial charge >= 0.3 is 0 Å². The van der Waals surface area contributed by atoms with E-state index in [4.69, 9.17) is 27.9 Å². The van der Waals surface area contributed by atoms with Crippen LogP contribution in [0, 0.1) is 6.92 Å². The lowest BCUT2D eigenvalue weighted by Gasteiger charge is -2.12. The van der Waals surface area contributed by atoms with E-state index in [2.05, 4.69) is 26.6 Å². The Balaban J connectivity index is 1.52. The maximum absolute atomic E-state index is 12.1. The van der Waals surface area contributed by atoms with E-state index in [-0.39, 0.29) is 12.5 Å². The zero-order chi connectivity index (χ0) is 20.8. The Hall–Kier alpha value is -2.21. The van der Waals surface area contributed by atoms with E-state index >= 15 is 0 Å². The molecular formula is C22H19BrCl2N2O2. The fraction of sp³-hybridized carbons (Fsp3) is 0.136. The molecule has 150 valence electrons. The van der Waals surface area contributed by atoms with Gasteiger partial charge in [-0.05, 0) is 82.5 Å². The van der Waals surface area contributed by atoms with Gasteiger partial charge in [0.25, 0.3) is 5.91 Å². The van der Waals surface area contributed by atoms with E-state index in [0.717, 1.165) is 21.3 Å². The molecule has 1 amide bonds. The molecule has 0 radical (unpaired) electrons. The van der Waals surface area contributed by atoms with Gasteiger partial charge in [0, 0.05) is 28.0 Å². The molecule has 0 aromatic heterocycles. The number of hydrogen-bond donors (Lipinski definition) is 2. The maximum atomic E-state index is 12.1. The van der Waals surface area contributed by atoms with E-state index in [1.165, 1.54) is 0 Å². The standard InChI is InChI=1S/C22H19BrCl2N2O2/c1-14-2-6-18(11-20(14)25)27-22(28)13-29-21-9-3-15(10-19(21)23)12-26-17-7-4-16(24)5-8-17/h2-11,26H,12-13H2,1H3,(H,27,28). The van der Waals surface area contributed by atoms with E-state index in [0.29, 0.717) is 28.0 Å². The fourth-order valence-corrected chi connectivity index (χ4v) is 3.40. The van der Waals surface area contributed by atoms with Crippen LogP contribution in [0.2, 0.25) is 10.0 Å². The summed E-state index contributed by atoms with van der Waals surface area (Å²) in [4.78, 5) is 12.1. The Bertz CT molecular complexity index is 1010. The lowest BCUT2D eigenvalue weighted by molar-refractivity contribution is -0.118. The summed E-state index contributed by atoms with van der Waals surface area (Å²) in [7, 11) is 0. The van der Waals surface area contributed by atoms with Gasteiger partial charge < -0.3 is 15.4 Å². The summed E-state index contributed by atoms with van der Waals surface area (Å²) in [6, 6.07) is 18.6. The van der Waals surface area contributed by atoms with Gasteiger partial charge in [-0.2, -0.15) is 0 Å². The molecule has 0 unspecified atom stereocenters. The lowest BCUT2D eigenvalue weighted by Crippen LogP contribution is -2.20. The van der Waals surface area contributed by atoms with Crippen LogP contribution >= 0.6 is 39.1 Å². The topological polar surface area (TPSA) is 50.4 Å². The molecule has 3 aromatic rings. The van der Waals surface area contributed by atoms with Crippen LogP contribution in [0.5, 0.6) is 5.75 Å². The highest BCUT2D eigenvalue weighted by Crippen LogP contribution is 2.27. The van der Waals surface area contributed by atoms with E-state index in [9.17, 15) is 4.79 Å². The van der Waals surface area contributed by atoms with Crippen molar-refractivity contribution in [1.29, 1.82) is 0 Å². The third-order valence-electron chi connectivity index (χ3n) is 4.15. The molecule has 29 heavy (non-hydrogen) atoms. The second-order valence-electron chi connectivity index (χ2n) is 6.43. The average Bonchev–Trinajstić information content (AvgIpc) is 2.69. The number of carbonyl (C=O) groups excluding carboxylic acids is 1. The van der Waals surface area contributed by atoms with E-state index < -0.39 is 0 Å². The number of ether oxygens (including phenoxy) is 1. The van der Waals surface area contributed by atoms with Gasteiger partial charge in [-0.25, -0.2) is 0 Å². The van der Waals surface area contributed by atoms with Crippen molar-refractivity contribution in [3.63, 3.8) is 0 Å². The number of anilines is 2. The van der Waals surface area contributed by atoms with Gasteiger partial charge in [-0.15, -0.1) is 0 Å². The monoisotopic (exact) mass is 492 g/mol. The zero-order valence-corrected chi connectivity index (χ0v) is 18.7. The van der Waals surface area contributed by atoms with Crippen molar-refractivity contribution in [2.24, 2.45) is 0 Å². The lowest BCUT2D eigenvalue weighted by atomic mass is 10.2. The Morgan fingerprint density at radius 3 is 2.41 bits per heavy atom. The Morgan fingerprint density at radius 2 is 1.72 bits per heavy atom. The molecule has 3 aromatic carbocycles. The largest absolute Gasteiger partial charge is 0.483 e. The zero-order valence-electron chi connectivity index (χ0n) is 15.6. The number of benzene rings is 3. The first-order chi connectivity index (χ1) is 13.9. The first-order valence-corrected chi connectivity index (χ1v) is 10.4. The molecule has 0 fully saturated rings. The highest BCUT2D eigenvalue weighted by atomic mass is 79.9. The molecule has 4 nitrogen and oxygen atoms in total. The smallest absolute Gasteiger partial charge is 0.262 e. The van der Waals surface area contributed by atoms with Crippen LogP contribution in [-0.4, -0.2) is 12.5 Å². The quantitative estimate of drug-likeness (QED) is 0.385. The number of halogens is 3. The van der Waals surface area contributed by atoms with Crippen molar-refractivity contribution < 1.29 is 9.53 Å². The predicted octanol–water partition coefficient (Wildman–Crippen LogP) is 6.69. The van der Waals surface area contributed by atoms with Crippen molar-refractivity contribution in [2.75, 3.05) is 17.2 Å². The van der Waals surface area contributed by atoms with Gasteiger partial charge in [-0.3, -0.25) is 4.79 Å². The van der Waals surface area contributed by atoms with Crippen molar-refractivity contribution in [1.82, 2.24) is 0 Å². The summed E-state index contributed by atoms with van der Waals surface area (Å²) in [5.74, 6) is 0.336. The SMILES string of the molecule is Cc1ccc(NC(=O)COc2ccc(CNc3ccc(Cl)cc3)cc2Br)cc1Cl. The summed E-state index contributed by atoms with van der Waals surface area (Å²) >= 11 is 15.5. The Morgan fingerprint density at radius 1 is 1.00 bits per heavy atom. The molecule has 0 spiro atoms. The van der Waals surface area contributed by atoms with Crippen LogP contribution in [0.4, 0.5) is 11.4 Å². The molecule has 0 aliphatic carbocycles. The van der Waals surface area contributed by atoms with Crippen LogP contribution in [0.25, 0.3) is 0 Å². The van der Waals surface area contributed by atoms with Crippen LogP contribution in [0.3, 0.4) is 0 Å². The summed E-state index contributed by atoms with van der Waals surface area (Å²) < 4.78 is 6.41. The maximum Gasteiger partial charge on any atom is 0.262 e. The predicted molar refractivity (Wildman–Crippen MR) is 123 cm³/mol. The van der Waals surface area contributed by atoms with Crippen molar-refractivity contribution in [3.05, 3.63) is 86.3 Å². The normalized spacial score (nSPS) is 10.5. The molecule has 7 heteroatoms. The second-order valence-corrected chi connectivity index (χ2v) is 8.12. The van der Waals surface area contributed by atoms with Crippen molar-refractivity contribution in [2.45, 2.75) is 13.5 Å². The minimum atomic E-state index is -0.259. The van der Waals surface area contributed by atoms with Gasteiger partial charge in [0.05, 0.1) is 4.47 Å².